The molecule has 3 N–H and O–H groups in total. The standard InChI is InChI=1S/C11H12F3N3O.C3H8/c1-17-6-18-10(16)4-7-2-3-8(5-9(7)15)11(12,13)14;1-3-2/h2-3,5-6,16H,4,15H2,1H3;3H2,1-2H3. The van der Waals surface area contributed by atoms with Crippen LogP contribution in [0.5, 0.6) is 0 Å². The van der Waals surface area contributed by atoms with Gasteiger partial charge in [-0.2, -0.15) is 13.2 Å². The normalized spacial score (nSPS) is 11.0. The van der Waals surface area contributed by atoms with Gasteiger partial charge in [0.1, 0.15) is 0 Å². The van der Waals surface area contributed by atoms with Gasteiger partial charge in [0.05, 0.1) is 12.0 Å². The number of ether oxygens (including phenoxy) is 1. The van der Waals surface area contributed by atoms with Crippen molar-refractivity contribution in [3.05, 3.63) is 29.3 Å². The summed E-state index contributed by atoms with van der Waals surface area (Å²) in [5.41, 5.74) is 5.07. The molecule has 0 unspecified atom stereocenters. The summed E-state index contributed by atoms with van der Waals surface area (Å²) >= 11 is 0. The molecule has 0 aromatic heterocycles. The van der Waals surface area contributed by atoms with Crippen LogP contribution in [-0.4, -0.2) is 19.3 Å². The molecule has 1 aromatic carbocycles. The van der Waals surface area contributed by atoms with Crippen molar-refractivity contribution in [1.82, 2.24) is 0 Å². The minimum atomic E-state index is -4.43. The van der Waals surface area contributed by atoms with E-state index in [4.69, 9.17) is 15.9 Å². The van der Waals surface area contributed by atoms with Crippen molar-refractivity contribution in [1.29, 1.82) is 5.41 Å². The minimum absolute atomic E-state index is 0.00991. The third-order valence-corrected chi connectivity index (χ3v) is 2.12. The molecule has 0 heterocycles. The van der Waals surface area contributed by atoms with Crippen molar-refractivity contribution in [3.8, 4) is 0 Å². The van der Waals surface area contributed by atoms with Gasteiger partial charge in [0.2, 0.25) is 0 Å². The number of rotatable bonds is 3. The van der Waals surface area contributed by atoms with E-state index < -0.39 is 11.7 Å². The Hall–Kier alpha value is -2.05. The highest BCUT2D eigenvalue weighted by Gasteiger charge is 2.30. The van der Waals surface area contributed by atoms with Crippen LogP contribution in [-0.2, 0) is 17.3 Å². The Bertz CT molecular complexity index is 485. The van der Waals surface area contributed by atoms with Gasteiger partial charge in [-0.05, 0) is 17.7 Å². The second-order valence-corrected chi connectivity index (χ2v) is 4.20. The monoisotopic (exact) mass is 303 g/mol. The van der Waals surface area contributed by atoms with Gasteiger partial charge in [-0.3, -0.25) is 10.4 Å². The largest absolute Gasteiger partial charge is 0.432 e. The molecule has 0 aliphatic carbocycles. The van der Waals surface area contributed by atoms with Crippen LogP contribution in [0.15, 0.2) is 23.2 Å². The fraction of sp³-hybridized carbons (Fsp3) is 0.429. The first-order chi connectivity index (χ1) is 9.76. The smallest absolute Gasteiger partial charge is 0.416 e. The maximum Gasteiger partial charge on any atom is 0.416 e. The molecule has 0 aliphatic rings. The fourth-order valence-electron chi connectivity index (χ4n) is 1.26. The number of nitrogens with one attached hydrogen (secondary N) is 1. The molecule has 0 radical (unpaired) electrons. The zero-order valence-corrected chi connectivity index (χ0v) is 12.3. The minimum Gasteiger partial charge on any atom is -0.432 e. The molecule has 0 bridgehead atoms. The Morgan fingerprint density at radius 2 is 1.95 bits per heavy atom. The summed E-state index contributed by atoms with van der Waals surface area (Å²) in [4.78, 5) is 3.52. The van der Waals surface area contributed by atoms with Crippen molar-refractivity contribution in [2.24, 2.45) is 4.99 Å². The SMILES string of the molecule is CCC.CN=COC(=N)Cc1ccc(C(F)(F)F)cc1N. The summed E-state index contributed by atoms with van der Waals surface area (Å²) in [6.07, 6.45) is -2.09. The van der Waals surface area contributed by atoms with Crippen LogP contribution in [0.1, 0.15) is 31.4 Å². The van der Waals surface area contributed by atoms with E-state index in [2.05, 4.69) is 18.8 Å². The zero-order chi connectivity index (χ0) is 16.5. The summed E-state index contributed by atoms with van der Waals surface area (Å²) in [5.74, 6) is -0.146. The number of nitrogens with two attached hydrogens (primary N) is 1. The molecule has 21 heavy (non-hydrogen) atoms. The lowest BCUT2D eigenvalue weighted by atomic mass is 10.1. The number of aliphatic imine (C=N–C) groups is 1. The van der Waals surface area contributed by atoms with Crippen LogP contribution in [0, 0.1) is 5.41 Å². The van der Waals surface area contributed by atoms with Crippen LogP contribution < -0.4 is 5.73 Å². The summed E-state index contributed by atoms with van der Waals surface area (Å²) in [6, 6.07) is 3.00. The molecule has 0 spiro atoms. The van der Waals surface area contributed by atoms with E-state index in [-0.39, 0.29) is 18.0 Å². The Morgan fingerprint density at radius 1 is 1.38 bits per heavy atom. The molecule has 1 aromatic rings. The molecule has 4 nitrogen and oxygen atoms in total. The fourth-order valence-corrected chi connectivity index (χ4v) is 1.26. The van der Waals surface area contributed by atoms with Gasteiger partial charge in [-0.25, -0.2) is 0 Å². The summed E-state index contributed by atoms with van der Waals surface area (Å²) < 4.78 is 41.9. The molecular weight excluding hydrogens is 283 g/mol. The van der Waals surface area contributed by atoms with Gasteiger partial charge < -0.3 is 10.5 Å². The summed E-state index contributed by atoms with van der Waals surface area (Å²) in [6.45, 7) is 4.25. The molecule has 0 atom stereocenters. The topological polar surface area (TPSA) is 71.5 Å². The van der Waals surface area contributed by atoms with E-state index in [0.717, 1.165) is 18.5 Å². The van der Waals surface area contributed by atoms with Gasteiger partial charge in [0.15, 0.2) is 12.3 Å². The van der Waals surface area contributed by atoms with E-state index in [0.29, 0.717) is 5.56 Å². The van der Waals surface area contributed by atoms with Crippen LogP contribution in [0.4, 0.5) is 18.9 Å². The first-order valence-corrected chi connectivity index (χ1v) is 6.36. The van der Waals surface area contributed by atoms with Crippen molar-refractivity contribution < 1.29 is 17.9 Å². The Balaban J connectivity index is 0.00000122. The maximum atomic E-state index is 12.4. The lowest BCUT2D eigenvalue weighted by molar-refractivity contribution is -0.137. The molecule has 1 rings (SSSR count). The van der Waals surface area contributed by atoms with E-state index in [1.807, 2.05) is 0 Å². The molecule has 7 heteroatoms. The lowest BCUT2D eigenvalue weighted by Gasteiger charge is -2.10. The number of anilines is 1. The van der Waals surface area contributed by atoms with Crippen molar-refractivity contribution in [2.45, 2.75) is 32.9 Å². The van der Waals surface area contributed by atoms with E-state index in [1.54, 1.807) is 0 Å². The average molecular weight is 303 g/mol. The summed E-state index contributed by atoms with van der Waals surface area (Å²) in [5, 5.41) is 7.41. The third-order valence-electron chi connectivity index (χ3n) is 2.12. The third kappa shape index (κ3) is 7.34. The van der Waals surface area contributed by atoms with E-state index in [9.17, 15) is 13.2 Å². The van der Waals surface area contributed by atoms with Crippen LogP contribution in [0.2, 0.25) is 0 Å². The van der Waals surface area contributed by atoms with Crippen LogP contribution in [0.3, 0.4) is 0 Å². The Labute approximate surface area is 122 Å². The second-order valence-electron chi connectivity index (χ2n) is 4.20. The highest BCUT2D eigenvalue weighted by atomic mass is 19.4. The van der Waals surface area contributed by atoms with Crippen molar-refractivity contribution >= 4 is 18.0 Å². The van der Waals surface area contributed by atoms with Crippen LogP contribution >= 0.6 is 0 Å². The number of halogens is 3. The number of nitrogens with zero attached hydrogens (tertiary/aromatic N) is 1. The van der Waals surface area contributed by atoms with Gasteiger partial charge >= 0.3 is 6.18 Å². The number of nitrogen functional groups attached to an aromatic ring is 1. The van der Waals surface area contributed by atoms with Crippen LogP contribution in [0.25, 0.3) is 0 Å². The summed E-state index contributed by atoms with van der Waals surface area (Å²) in [7, 11) is 1.47. The van der Waals surface area contributed by atoms with Gasteiger partial charge in [-0.15, -0.1) is 0 Å². The first-order valence-electron chi connectivity index (χ1n) is 6.36. The van der Waals surface area contributed by atoms with Gasteiger partial charge in [0.25, 0.3) is 0 Å². The molecular formula is C14H20F3N3O. The van der Waals surface area contributed by atoms with Crippen molar-refractivity contribution in [2.75, 3.05) is 12.8 Å². The van der Waals surface area contributed by atoms with E-state index in [1.165, 1.54) is 19.5 Å². The number of hydrogen-bond acceptors (Lipinski definition) is 4. The molecule has 0 saturated carbocycles. The zero-order valence-electron chi connectivity index (χ0n) is 12.3. The number of benzene rings is 1. The number of alkyl halides is 3. The first kappa shape index (κ1) is 18.9. The molecule has 0 fully saturated rings. The predicted molar refractivity (Wildman–Crippen MR) is 78.8 cm³/mol. The highest BCUT2D eigenvalue weighted by Crippen LogP contribution is 2.31. The predicted octanol–water partition coefficient (Wildman–Crippen LogP) is 3.90. The molecule has 0 saturated heterocycles. The second kappa shape index (κ2) is 8.99. The molecule has 0 amide bonds. The highest BCUT2D eigenvalue weighted by molar-refractivity contribution is 5.83. The Morgan fingerprint density at radius 3 is 2.38 bits per heavy atom. The lowest BCUT2D eigenvalue weighted by Crippen LogP contribution is -2.10. The number of hydrogen-bond donors (Lipinski definition) is 2. The van der Waals surface area contributed by atoms with Gasteiger partial charge in [-0.1, -0.05) is 26.3 Å². The van der Waals surface area contributed by atoms with Crippen molar-refractivity contribution in [3.63, 3.8) is 0 Å². The molecule has 118 valence electrons. The quantitative estimate of drug-likeness (QED) is 0.505. The molecule has 0 aliphatic heterocycles. The Kier molecular flexibility index (Phi) is 8.11. The maximum absolute atomic E-state index is 12.4. The average Bonchev–Trinajstić information content (AvgIpc) is 2.38. The van der Waals surface area contributed by atoms with Gasteiger partial charge in [0, 0.05) is 12.7 Å². The van der Waals surface area contributed by atoms with E-state index >= 15 is 0 Å².